The van der Waals surface area contributed by atoms with Crippen LogP contribution in [-0.2, 0) is 0 Å². The molecule has 3 aromatic rings. The highest BCUT2D eigenvalue weighted by atomic mass is 16.4. The summed E-state index contributed by atoms with van der Waals surface area (Å²) in [6.07, 6.45) is 2.71. The minimum absolute atomic E-state index is 0.0732. The van der Waals surface area contributed by atoms with Crippen molar-refractivity contribution in [3.8, 4) is 5.95 Å². The van der Waals surface area contributed by atoms with Crippen molar-refractivity contribution in [3.05, 3.63) is 42.5 Å². The molecule has 21 heavy (non-hydrogen) atoms. The van der Waals surface area contributed by atoms with E-state index in [1.54, 1.807) is 0 Å². The largest absolute Gasteiger partial charge is 0.477 e. The summed E-state index contributed by atoms with van der Waals surface area (Å²) < 4.78 is 1.41. The Bertz CT molecular complexity index is 667. The summed E-state index contributed by atoms with van der Waals surface area (Å²) in [5.41, 5.74) is 1.71. The first kappa shape index (κ1) is 16.4. The number of nitrogens with zero attached hydrogens (tertiary/aromatic N) is 3. The average molecular weight is 288 g/mol. The van der Waals surface area contributed by atoms with E-state index >= 15 is 0 Å². The fourth-order valence-electron chi connectivity index (χ4n) is 1.68. The first-order valence-electron chi connectivity index (χ1n) is 6.96. The van der Waals surface area contributed by atoms with E-state index in [0.29, 0.717) is 5.95 Å². The highest BCUT2D eigenvalue weighted by molar-refractivity contribution is 5.86. The molecule has 3 rings (SSSR count). The lowest BCUT2D eigenvalue weighted by molar-refractivity contribution is 0.0688. The number of fused-ring (bicyclic) bond motifs is 1. The fourth-order valence-corrected chi connectivity index (χ4v) is 1.68. The van der Waals surface area contributed by atoms with Crippen LogP contribution in [0.15, 0.2) is 36.8 Å². The molecule has 0 saturated heterocycles. The predicted octanol–water partition coefficient (Wildman–Crippen LogP) is 3.50. The first-order valence-corrected chi connectivity index (χ1v) is 6.96. The van der Waals surface area contributed by atoms with Crippen molar-refractivity contribution in [1.29, 1.82) is 0 Å². The fraction of sp³-hybridized carbons (Fsp3) is 0.267. The molecule has 0 aliphatic carbocycles. The van der Waals surface area contributed by atoms with Crippen molar-refractivity contribution in [2.45, 2.75) is 27.7 Å². The van der Waals surface area contributed by atoms with E-state index in [9.17, 15) is 4.79 Å². The van der Waals surface area contributed by atoms with E-state index in [1.165, 1.54) is 17.1 Å². The molecule has 2 aromatic heterocycles. The van der Waals surface area contributed by atoms with Crippen LogP contribution < -0.4 is 0 Å². The zero-order chi connectivity index (χ0) is 15.8. The third-order valence-corrected chi connectivity index (χ3v) is 2.46. The third-order valence-electron chi connectivity index (χ3n) is 2.46. The lowest BCUT2D eigenvalue weighted by atomic mass is 10.3. The maximum Gasteiger partial charge on any atom is 0.354 e. The zero-order valence-corrected chi connectivity index (χ0v) is 12.7. The number of carboxylic acid groups (broad SMARTS) is 1. The minimum atomic E-state index is -1.04. The monoisotopic (exact) mass is 288 g/mol. The summed E-state index contributed by atoms with van der Waals surface area (Å²) in [6.45, 7) is 8.00. The quantitative estimate of drug-likeness (QED) is 0.756. The number of aromatic carboxylic acids is 1. The molecule has 0 saturated carbocycles. The minimum Gasteiger partial charge on any atom is -0.477 e. The van der Waals surface area contributed by atoms with Crippen molar-refractivity contribution >= 4 is 17.0 Å². The Balaban J connectivity index is 0.000000510. The van der Waals surface area contributed by atoms with Gasteiger partial charge in [0.25, 0.3) is 0 Å². The molecule has 0 aliphatic heterocycles. The number of carboxylic acids is 1. The molecule has 0 spiro atoms. The number of aromatic amines is 1. The second kappa shape index (κ2) is 7.84. The van der Waals surface area contributed by atoms with Crippen LogP contribution in [0.4, 0.5) is 0 Å². The Labute approximate surface area is 123 Å². The topological polar surface area (TPSA) is 83.8 Å². The molecular weight excluding hydrogens is 268 g/mol. The molecule has 0 unspecified atom stereocenters. The molecule has 6 heteroatoms. The van der Waals surface area contributed by atoms with E-state index in [2.05, 4.69) is 15.0 Å². The summed E-state index contributed by atoms with van der Waals surface area (Å²) in [6, 6.07) is 7.49. The summed E-state index contributed by atoms with van der Waals surface area (Å²) in [7, 11) is 0. The molecule has 2 heterocycles. The number of carbonyl (C=O) groups is 1. The molecule has 2 N–H and O–H groups in total. The molecule has 112 valence electrons. The van der Waals surface area contributed by atoms with E-state index in [0.717, 1.165) is 11.0 Å². The highest BCUT2D eigenvalue weighted by Crippen LogP contribution is 2.14. The van der Waals surface area contributed by atoms with Gasteiger partial charge in [-0.2, -0.15) is 0 Å². The Morgan fingerprint density at radius 3 is 2.48 bits per heavy atom. The van der Waals surface area contributed by atoms with Gasteiger partial charge < -0.3 is 10.1 Å². The maximum absolute atomic E-state index is 11.0. The summed E-state index contributed by atoms with van der Waals surface area (Å²) >= 11 is 0. The van der Waals surface area contributed by atoms with Crippen LogP contribution in [0.25, 0.3) is 17.0 Å². The van der Waals surface area contributed by atoms with Gasteiger partial charge in [-0.1, -0.05) is 39.8 Å². The number of para-hydroxylation sites is 2. The second-order valence-electron chi connectivity index (χ2n) is 3.53. The Morgan fingerprint density at radius 2 is 1.86 bits per heavy atom. The highest BCUT2D eigenvalue weighted by Gasteiger charge is 2.13. The van der Waals surface area contributed by atoms with Crippen LogP contribution in [0.3, 0.4) is 0 Å². The van der Waals surface area contributed by atoms with E-state index in [4.69, 9.17) is 5.11 Å². The van der Waals surface area contributed by atoms with Gasteiger partial charge in [0.2, 0.25) is 5.95 Å². The lowest BCUT2D eigenvalue weighted by Crippen LogP contribution is -2.06. The molecule has 0 amide bonds. The molecule has 0 radical (unpaired) electrons. The van der Waals surface area contributed by atoms with Crippen LogP contribution in [0, 0.1) is 0 Å². The zero-order valence-electron chi connectivity index (χ0n) is 12.7. The van der Waals surface area contributed by atoms with Gasteiger partial charge in [0.05, 0.1) is 17.2 Å². The first-order chi connectivity index (χ1) is 10.3. The van der Waals surface area contributed by atoms with Gasteiger partial charge in [0, 0.05) is 0 Å². The Kier molecular flexibility index (Phi) is 6.13. The standard InChI is InChI=1S/C11H8N4O2.2C2H6/c16-10(17)9-5-12-6-15(9)11-13-7-3-1-2-4-8(7)14-11;2*1-2/h1-6H,(H,13,14)(H,16,17);2*1-2H3. The lowest BCUT2D eigenvalue weighted by Gasteiger charge is -1.98. The molecule has 6 nitrogen and oxygen atoms in total. The van der Waals surface area contributed by atoms with E-state index in [1.807, 2.05) is 52.0 Å². The normalized spacial score (nSPS) is 9.33. The van der Waals surface area contributed by atoms with Crippen molar-refractivity contribution in [2.24, 2.45) is 0 Å². The van der Waals surface area contributed by atoms with E-state index in [-0.39, 0.29) is 5.69 Å². The number of rotatable bonds is 2. The number of benzene rings is 1. The SMILES string of the molecule is CC.CC.O=C(O)c1cncn1-c1nc2ccccc2[nH]1. The van der Waals surface area contributed by atoms with Crippen LogP contribution in [-0.4, -0.2) is 30.6 Å². The summed E-state index contributed by atoms with van der Waals surface area (Å²) in [5.74, 6) is -0.593. The molecule has 0 bridgehead atoms. The predicted molar refractivity (Wildman–Crippen MR) is 82.9 cm³/mol. The number of nitrogens with one attached hydrogen (secondary N) is 1. The second-order valence-corrected chi connectivity index (χ2v) is 3.53. The Hall–Kier alpha value is -2.63. The van der Waals surface area contributed by atoms with Gasteiger partial charge in [-0.15, -0.1) is 0 Å². The van der Waals surface area contributed by atoms with Gasteiger partial charge in [0.15, 0.2) is 5.69 Å². The number of imidazole rings is 2. The Morgan fingerprint density at radius 1 is 1.19 bits per heavy atom. The smallest absolute Gasteiger partial charge is 0.354 e. The molecule has 1 aromatic carbocycles. The summed E-state index contributed by atoms with van der Waals surface area (Å²) in [5, 5.41) is 8.99. The summed E-state index contributed by atoms with van der Waals surface area (Å²) in [4.78, 5) is 22.1. The number of aromatic nitrogens is 4. The van der Waals surface area contributed by atoms with Gasteiger partial charge in [-0.05, 0) is 12.1 Å². The molecule has 0 aliphatic rings. The van der Waals surface area contributed by atoms with Crippen LogP contribution in [0.1, 0.15) is 38.2 Å². The van der Waals surface area contributed by atoms with Crippen LogP contribution >= 0.6 is 0 Å². The third kappa shape index (κ3) is 3.47. The average Bonchev–Trinajstić information content (AvgIpc) is 3.17. The maximum atomic E-state index is 11.0. The molecule has 0 atom stereocenters. The molecule has 0 fully saturated rings. The molecular formula is C15H20N4O2. The van der Waals surface area contributed by atoms with Gasteiger partial charge in [-0.25, -0.2) is 14.8 Å². The number of hydrogen-bond acceptors (Lipinski definition) is 3. The van der Waals surface area contributed by atoms with Gasteiger partial charge in [0.1, 0.15) is 6.33 Å². The van der Waals surface area contributed by atoms with Gasteiger partial charge in [-0.3, -0.25) is 4.57 Å². The van der Waals surface area contributed by atoms with Gasteiger partial charge >= 0.3 is 5.97 Å². The van der Waals surface area contributed by atoms with Crippen molar-refractivity contribution in [3.63, 3.8) is 0 Å². The van der Waals surface area contributed by atoms with Crippen molar-refractivity contribution < 1.29 is 9.90 Å². The van der Waals surface area contributed by atoms with E-state index < -0.39 is 5.97 Å². The number of hydrogen-bond donors (Lipinski definition) is 2. The van der Waals surface area contributed by atoms with Crippen LogP contribution in [0.2, 0.25) is 0 Å². The van der Waals surface area contributed by atoms with Crippen molar-refractivity contribution in [1.82, 2.24) is 19.5 Å². The number of H-pyrrole nitrogens is 1. The van der Waals surface area contributed by atoms with Crippen LogP contribution in [0.5, 0.6) is 0 Å². The van der Waals surface area contributed by atoms with Crippen molar-refractivity contribution in [2.75, 3.05) is 0 Å².